The highest BCUT2D eigenvalue weighted by atomic mass is 32.2. The summed E-state index contributed by atoms with van der Waals surface area (Å²) < 4.78 is 48.5. The van der Waals surface area contributed by atoms with Gasteiger partial charge in [-0.25, -0.2) is 17.2 Å². The summed E-state index contributed by atoms with van der Waals surface area (Å²) in [6.07, 6.45) is -0.801. The molecule has 0 aromatic rings. The molecule has 1 heterocycles. The first-order chi connectivity index (χ1) is 7.06. The van der Waals surface area contributed by atoms with Crippen molar-refractivity contribution in [3.63, 3.8) is 0 Å². The number of hydrogen-bond acceptors (Lipinski definition) is 3. The number of sulfone groups is 1. The third-order valence-corrected chi connectivity index (χ3v) is 4.61. The molecule has 0 bridgehead atoms. The zero-order chi connectivity index (χ0) is 12.6. The highest BCUT2D eigenvalue weighted by molar-refractivity contribution is 7.91. The lowest BCUT2D eigenvalue weighted by Gasteiger charge is -2.34. The molecule has 1 N–H and O–H groups in total. The van der Waals surface area contributed by atoms with Crippen LogP contribution in [0.1, 0.15) is 26.2 Å². The Bertz CT molecular complexity index is 385. The van der Waals surface area contributed by atoms with Crippen LogP contribution in [0.3, 0.4) is 0 Å². The first-order valence-corrected chi connectivity index (χ1v) is 6.70. The Morgan fingerprint density at radius 2 is 2.06 bits per heavy atom. The maximum absolute atomic E-state index is 12.9. The van der Waals surface area contributed by atoms with Crippen molar-refractivity contribution in [2.45, 2.75) is 32.1 Å². The minimum atomic E-state index is -3.52. The number of aliphatic carboxylic acids is 1. The molecule has 16 heavy (non-hydrogen) atoms. The van der Waals surface area contributed by atoms with Crippen molar-refractivity contribution < 1.29 is 27.1 Å². The lowest BCUT2D eigenvalue weighted by molar-refractivity contribution is -0.154. The molecule has 4 nitrogen and oxygen atoms in total. The fourth-order valence-corrected chi connectivity index (χ4v) is 4.11. The summed E-state index contributed by atoms with van der Waals surface area (Å²) in [7, 11) is -3.52. The van der Waals surface area contributed by atoms with Gasteiger partial charge in [0.25, 0.3) is 0 Å². The lowest BCUT2D eigenvalue weighted by Crippen LogP contribution is -2.45. The number of halogens is 2. The van der Waals surface area contributed by atoms with Crippen molar-refractivity contribution in [2.75, 3.05) is 11.5 Å². The van der Waals surface area contributed by atoms with Crippen LogP contribution in [0.4, 0.5) is 8.78 Å². The van der Waals surface area contributed by atoms with Crippen LogP contribution in [-0.4, -0.2) is 36.9 Å². The largest absolute Gasteiger partial charge is 0.481 e. The van der Waals surface area contributed by atoms with E-state index in [1.165, 1.54) is 0 Å². The molecule has 1 rings (SSSR count). The molecule has 1 aliphatic rings. The fraction of sp³-hybridized carbons (Fsp3) is 0.889. The van der Waals surface area contributed by atoms with Gasteiger partial charge in [-0.05, 0) is 19.8 Å². The van der Waals surface area contributed by atoms with E-state index in [1.807, 2.05) is 0 Å². The predicted octanol–water partition coefficient (Wildman–Crippen LogP) is 1.31. The fourth-order valence-electron chi connectivity index (χ4n) is 2.17. The first-order valence-electron chi connectivity index (χ1n) is 4.88. The number of carbonyl (C=O) groups is 1. The zero-order valence-corrected chi connectivity index (χ0v) is 9.69. The second-order valence-corrected chi connectivity index (χ2v) is 6.71. The molecule has 7 heteroatoms. The van der Waals surface area contributed by atoms with Gasteiger partial charge >= 0.3 is 5.97 Å². The number of carboxylic acids is 1. The molecule has 0 aromatic heterocycles. The van der Waals surface area contributed by atoms with Gasteiger partial charge in [0.2, 0.25) is 5.92 Å². The Morgan fingerprint density at radius 3 is 2.44 bits per heavy atom. The molecule has 1 aliphatic heterocycles. The third kappa shape index (κ3) is 3.13. The number of hydrogen-bond donors (Lipinski definition) is 1. The highest BCUT2D eigenvalue weighted by Crippen LogP contribution is 2.40. The molecule has 0 aromatic carbocycles. The summed E-state index contributed by atoms with van der Waals surface area (Å²) in [4.78, 5) is 11.0. The van der Waals surface area contributed by atoms with Gasteiger partial charge in [-0.15, -0.1) is 0 Å². The Balaban J connectivity index is 3.02. The molecule has 0 amide bonds. The minimum Gasteiger partial charge on any atom is -0.481 e. The van der Waals surface area contributed by atoms with E-state index in [0.29, 0.717) is 6.92 Å². The van der Waals surface area contributed by atoms with Crippen molar-refractivity contribution in [1.82, 2.24) is 0 Å². The third-order valence-electron chi connectivity index (χ3n) is 2.71. The van der Waals surface area contributed by atoms with E-state index in [2.05, 4.69) is 0 Å². The quantitative estimate of drug-likeness (QED) is 0.826. The van der Waals surface area contributed by atoms with E-state index in [9.17, 15) is 22.0 Å². The summed E-state index contributed by atoms with van der Waals surface area (Å²) in [5.41, 5.74) is -1.82. The van der Waals surface area contributed by atoms with Crippen LogP contribution in [-0.2, 0) is 14.6 Å². The van der Waals surface area contributed by atoms with Crippen molar-refractivity contribution >= 4 is 15.8 Å². The van der Waals surface area contributed by atoms with E-state index in [4.69, 9.17) is 5.11 Å². The summed E-state index contributed by atoms with van der Waals surface area (Å²) in [6.45, 7) is 0.610. The van der Waals surface area contributed by atoms with E-state index in [-0.39, 0.29) is 18.6 Å². The van der Waals surface area contributed by atoms with Crippen LogP contribution in [0, 0.1) is 5.41 Å². The number of rotatable bonds is 3. The molecule has 94 valence electrons. The standard InChI is InChI=1S/C9H14F2O4S/c1-8(10,11)5-9(7(12)13)3-2-4-16(14,15)6-9/h2-6H2,1H3,(H,12,13). The molecule has 1 fully saturated rings. The number of alkyl halides is 2. The Kier molecular flexibility index (Phi) is 3.29. The van der Waals surface area contributed by atoms with Gasteiger partial charge in [0.1, 0.15) is 0 Å². The normalized spacial score (nSPS) is 29.9. The average Bonchev–Trinajstić information content (AvgIpc) is 1.97. The maximum Gasteiger partial charge on any atom is 0.310 e. The van der Waals surface area contributed by atoms with E-state index >= 15 is 0 Å². The highest BCUT2D eigenvalue weighted by Gasteiger charge is 2.49. The molecular weight excluding hydrogens is 242 g/mol. The Morgan fingerprint density at radius 1 is 1.50 bits per heavy atom. The van der Waals surface area contributed by atoms with E-state index < -0.39 is 39.3 Å². The van der Waals surface area contributed by atoms with Crippen LogP contribution in [0.25, 0.3) is 0 Å². The molecule has 0 radical (unpaired) electrons. The molecule has 0 saturated carbocycles. The van der Waals surface area contributed by atoms with Crippen LogP contribution in [0.5, 0.6) is 0 Å². The predicted molar refractivity (Wildman–Crippen MR) is 53.2 cm³/mol. The maximum atomic E-state index is 12.9. The van der Waals surface area contributed by atoms with Crippen molar-refractivity contribution in [3.8, 4) is 0 Å². The molecule has 1 unspecified atom stereocenters. The van der Waals surface area contributed by atoms with Crippen LogP contribution in [0.2, 0.25) is 0 Å². The molecule has 0 spiro atoms. The Hall–Kier alpha value is -0.720. The summed E-state index contributed by atoms with van der Waals surface area (Å²) in [5.74, 6) is -5.42. The monoisotopic (exact) mass is 256 g/mol. The molecular formula is C9H14F2O4S. The molecule has 1 atom stereocenters. The van der Waals surface area contributed by atoms with Gasteiger partial charge in [-0.1, -0.05) is 0 Å². The second-order valence-electron chi connectivity index (χ2n) is 4.53. The SMILES string of the molecule is CC(F)(F)CC1(C(=O)O)CCCS(=O)(=O)C1. The average molecular weight is 256 g/mol. The summed E-state index contributed by atoms with van der Waals surface area (Å²) >= 11 is 0. The van der Waals surface area contributed by atoms with Gasteiger partial charge in [-0.3, -0.25) is 4.79 Å². The van der Waals surface area contributed by atoms with Gasteiger partial charge in [0, 0.05) is 6.42 Å². The lowest BCUT2D eigenvalue weighted by atomic mass is 9.80. The first kappa shape index (κ1) is 13.3. The molecule has 1 saturated heterocycles. The summed E-state index contributed by atoms with van der Waals surface area (Å²) in [5, 5.41) is 8.99. The van der Waals surface area contributed by atoms with Crippen LogP contribution in [0.15, 0.2) is 0 Å². The number of carboxylic acid groups (broad SMARTS) is 1. The van der Waals surface area contributed by atoms with Crippen molar-refractivity contribution in [1.29, 1.82) is 0 Å². The van der Waals surface area contributed by atoms with E-state index in [0.717, 1.165) is 0 Å². The molecule has 0 aliphatic carbocycles. The van der Waals surface area contributed by atoms with Gasteiger partial charge in [-0.2, -0.15) is 0 Å². The zero-order valence-electron chi connectivity index (χ0n) is 8.87. The van der Waals surface area contributed by atoms with E-state index in [1.54, 1.807) is 0 Å². The van der Waals surface area contributed by atoms with Gasteiger partial charge < -0.3 is 5.11 Å². The minimum absolute atomic E-state index is 0.00894. The van der Waals surface area contributed by atoms with Gasteiger partial charge in [0.05, 0.1) is 16.9 Å². The van der Waals surface area contributed by atoms with Crippen LogP contribution < -0.4 is 0 Å². The topological polar surface area (TPSA) is 71.4 Å². The van der Waals surface area contributed by atoms with Crippen molar-refractivity contribution in [3.05, 3.63) is 0 Å². The smallest absolute Gasteiger partial charge is 0.310 e. The Labute approximate surface area is 92.6 Å². The van der Waals surface area contributed by atoms with Crippen molar-refractivity contribution in [2.24, 2.45) is 5.41 Å². The van der Waals surface area contributed by atoms with Crippen LogP contribution >= 0.6 is 0 Å². The second kappa shape index (κ2) is 3.94. The summed E-state index contributed by atoms with van der Waals surface area (Å²) in [6, 6.07) is 0. The van der Waals surface area contributed by atoms with Gasteiger partial charge in [0.15, 0.2) is 9.84 Å².